The Balaban J connectivity index is 2.72. The van der Waals surface area contributed by atoms with Gasteiger partial charge >= 0.3 is 0 Å². The Morgan fingerprint density at radius 1 is 1.36 bits per heavy atom. The highest BCUT2D eigenvalue weighted by Gasteiger charge is 2.06. The molecule has 0 saturated heterocycles. The van der Waals surface area contributed by atoms with Gasteiger partial charge in [-0.3, -0.25) is 0 Å². The van der Waals surface area contributed by atoms with E-state index in [9.17, 15) is 5.11 Å². The van der Waals surface area contributed by atoms with Gasteiger partial charge in [0.1, 0.15) is 5.75 Å². The molecule has 74 valence electrons. The predicted molar refractivity (Wildman–Crippen MR) is 59.4 cm³/mol. The molecule has 0 unspecified atom stereocenters. The first-order chi connectivity index (χ1) is 6.74. The number of ether oxygens (including phenoxy) is 1. The molecule has 14 heavy (non-hydrogen) atoms. The highest BCUT2D eigenvalue weighted by Crippen LogP contribution is 2.35. The minimum Gasteiger partial charge on any atom is -0.499 e. The first-order valence-electron chi connectivity index (χ1n) is 4.54. The summed E-state index contributed by atoms with van der Waals surface area (Å²) in [5, 5.41) is 10.9. The Kier molecular flexibility index (Phi) is 2.33. The number of fused-ring (bicyclic) bond motifs is 1. The fourth-order valence-corrected chi connectivity index (χ4v) is 2.46. The van der Waals surface area contributed by atoms with Gasteiger partial charge in [-0.1, -0.05) is 18.3 Å². The van der Waals surface area contributed by atoms with Gasteiger partial charge in [0, 0.05) is 4.70 Å². The van der Waals surface area contributed by atoms with Gasteiger partial charge in [0.15, 0.2) is 5.06 Å². The molecule has 0 aliphatic carbocycles. The normalized spacial score (nSPS) is 10.7. The summed E-state index contributed by atoms with van der Waals surface area (Å²) < 4.78 is 6.28. The van der Waals surface area contributed by atoms with Crippen LogP contribution in [0.2, 0.25) is 0 Å². The summed E-state index contributed by atoms with van der Waals surface area (Å²) in [6, 6.07) is 5.80. The third-order valence-electron chi connectivity index (χ3n) is 2.30. The molecule has 0 radical (unpaired) electrons. The quantitative estimate of drug-likeness (QED) is 0.821. The molecule has 0 aliphatic heterocycles. The van der Waals surface area contributed by atoms with Crippen molar-refractivity contribution in [3.05, 3.63) is 23.8 Å². The smallest absolute Gasteiger partial charge is 0.172 e. The Morgan fingerprint density at radius 3 is 2.79 bits per heavy atom. The molecule has 0 saturated carbocycles. The largest absolute Gasteiger partial charge is 0.499 e. The van der Waals surface area contributed by atoms with Gasteiger partial charge < -0.3 is 9.84 Å². The molecule has 0 bridgehead atoms. The van der Waals surface area contributed by atoms with Gasteiger partial charge in [0.25, 0.3) is 0 Å². The maximum absolute atomic E-state index is 9.42. The Hall–Kier alpha value is -1.22. The van der Waals surface area contributed by atoms with Gasteiger partial charge in [-0.05, 0) is 35.6 Å². The zero-order valence-corrected chi connectivity index (χ0v) is 9.02. The van der Waals surface area contributed by atoms with Crippen molar-refractivity contribution in [2.75, 3.05) is 7.11 Å². The van der Waals surface area contributed by atoms with Gasteiger partial charge in [-0.15, -0.1) is 0 Å². The maximum atomic E-state index is 9.42. The zero-order chi connectivity index (χ0) is 10.1. The molecular weight excluding hydrogens is 196 g/mol. The Morgan fingerprint density at radius 2 is 2.14 bits per heavy atom. The summed E-state index contributed by atoms with van der Waals surface area (Å²) in [4.78, 5) is 0. The monoisotopic (exact) mass is 208 g/mol. The van der Waals surface area contributed by atoms with Gasteiger partial charge in [-0.25, -0.2) is 0 Å². The predicted octanol–water partition coefficient (Wildman–Crippen LogP) is 3.18. The van der Waals surface area contributed by atoms with Crippen molar-refractivity contribution in [1.82, 2.24) is 0 Å². The van der Waals surface area contributed by atoms with Crippen molar-refractivity contribution in [2.45, 2.75) is 13.3 Å². The lowest BCUT2D eigenvalue weighted by molar-refractivity contribution is 0.415. The van der Waals surface area contributed by atoms with Crippen molar-refractivity contribution < 1.29 is 9.84 Å². The fourth-order valence-electron chi connectivity index (χ4n) is 1.58. The van der Waals surface area contributed by atoms with Crippen LogP contribution in [0.1, 0.15) is 12.5 Å². The van der Waals surface area contributed by atoms with Crippen LogP contribution in [0.25, 0.3) is 10.1 Å². The number of hydrogen-bond donors (Lipinski definition) is 1. The van der Waals surface area contributed by atoms with E-state index in [-0.39, 0.29) is 0 Å². The Labute approximate surface area is 86.8 Å². The zero-order valence-electron chi connectivity index (χ0n) is 8.20. The molecule has 0 spiro atoms. The lowest BCUT2D eigenvalue weighted by Gasteiger charge is -2.03. The first kappa shape index (κ1) is 9.34. The molecule has 0 amide bonds. The number of rotatable bonds is 2. The minimum atomic E-state index is 0.364. The van der Waals surface area contributed by atoms with Crippen LogP contribution in [0.4, 0.5) is 0 Å². The molecule has 1 aromatic heterocycles. The lowest BCUT2D eigenvalue weighted by atomic mass is 10.1. The van der Waals surface area contributed by atoms with E-state index in [0.717, 1.165) is 22.3 Å². The van der Waals surface area contributed by atoms with Crippen molar-refractivity contribution in [3.8, 4) is 10.8 Å². The van der Waals surface area contributed by atoms with E-state index in [1.54, 1.807) is 7.11 Å². The molecule has 2 nitrogen and oxygen atoms in total. The van der Waals surface area contributed by atoms with Crippen LogP contribution in [0.5, 0.6) is 10.8 Å². The van der Waals surface area contributed by atoms with Crippen molar-refractivity contribution >= 4 is 21.4 Å². The number of methoxy groups -OCH3 is 1. The van der Waals surface area contributed by atoms with Crippen LogP contribution in [0.15, 0.2) is 18.2 Å². The van der Waals surface area contributed by atoms with E-state index in [4.69, 9.17) is 4.74 Å². The summed E-state index contributed by atoms with van der Waals surface area (Å²) in [6.07, 6.45) is 0.948. The second-order valence-corrected chi connectivity index (χ2v) is 4.20. The molecule has 0 fully saturated rings. The summed E-state index contributed by atoms with van der Waals surface area (Å²) in [6.45, 7) is 2.10. The van der Waals surface area contributed by atoms with E-state index >= 15 is 0 Å². The van der Waals surface area contributed by atoms with Crippen LogP contribution in [-0.4, -0.2) is 12.2 Å². The standard InChI is InChI=1S/C11H12O2S/c1-3-7-4-8(13-2)5-10-9(7)6-11(12)14-10/h4-6,12H,3H2,1-2H3. The summed E-state index contributed by atoms with van der Waals surface area (Å²) in [5.41, 5.74) is 1.22. The molecular formula is C11H12O2S. The fraction of sp³-hybridized carbons (Fsp3) is 0.273. The molecule has 2 aromatic rings. The topological polar surface area (TPSA) is 29.5 Å². The number of hydrogen-bond acceptors (Lipinski definition) is 3. The van der Waals surface area contributed by atoms with E-state index < -0.39 is 0 Å². The Bertz CT molecular complexity index is 460. The molecule has 2 rings (SSSR count). The van der Waals surface area contributed by atoms with Crippen LogP contribution in [-0.2, 0) is 6.42 Å². The molecule has 0 atom stereocenters. The second-order valence-electron chi connectivity index (χ2n) is 3.14. The molecule has 1 N–H and O–H groups in total. The number of aryl methyl sites for hydroxylation is 1. The van der Waals surface area contributed by atoms with Crippen LogP contribution < -0.4 is 4.74 Å². The molecule has 0 aliphatic rings. The average Bonchev–Trinajstić information content (AvgIpc) is 2.56. The number of aromatic hydroxyl groups is 1. The van der Waals surface area contributed by atoms with Crippen LogP contribution >= 0.6 is 11.3 Å². The van der Waals surface area contributed by atoms with Crippen molar-refractivity contribution in [3.63, 3.8) is 0 Å². The third kappa shape index (κ3) is 1.44. The highest BCUT2D eigenvalue weighted by molar-refractivity contribution is 7.20. The lowest BCUT2D eigenvalue weighted by Crippen LogP contribution is -1.86. The summed E-state index contributed by atoms with van der Waals surface area (Å²) in [7, 11) is 1.66. The minimum absolute atomic E-state index is 0.364. The SMILES string of the molecule is CCc1cc(OC)cc2sc(O)cc12. The number of benzene rings is 1. The molecule has 1 aromatic carbocycles. The first-order valence-corrected chi connectivity index (χ1v) is 5.35. The average molecular weight is 208 g/mol. The van der Waals surface area contributed by atoms with Crippen molar-refractivity contribution in [1.29, 1.82) is 0 Å². The summed E-state index contributed by atoms with van der Waals surface area (Å²) in [5.74, 6) is 0.858. The second kappa shape index (κ2) is 3.50. The summed E-state index contributed by atoms with van der Waals surface area (Å²) >= 11 is 1.39. The van der Waals surface area contributed by atoms with Gasteiger partial charge in [0.2, 0.25) is 0 Å². The van der Waals surface area contributed by atoms with E-state index in [1.807, 2.05) is 18.2 Å². The molecule has 1 heterocycles. The van der Waals surface area contributed by atoms with E-state index in [1.165, 1.54) is 16.9 Å². The maximum Gasteiger partial charge on any atom is 0.172 e. The highest BCUT2D eigenvalue weighted by atomic mass is 32.1. The van der Waals surface area contributed by atoms with Crippen LogP contribution in [0.3, 0.4) is 0 Å². The van der Waals surface area contributed by atoms with E-state index in [0.29, 0.717) is 5.06 Å². The van der Waals surface area contributed by atoms with Gasteiger partial charge in [-0.2, -0.15) is 0 Å². The van der Waals surface area contributed by atoms with E-state index in [2.05, 4.69) is 6.92 Å². The number of thiophene rings is 1. The van der Waals surface area contributed by atoms with Crippen LogP contribution in [0, 0.1) is 0 Å². The van der Waals surface area contributed by atoms with Gasteiger partial charge in [0.05, 0.1) is 7.11 Å². The third-order valence-corrected chi connectivity index (χ3v) is 3.18. The molecule has 3 heteroatoms. The van der Waals surface area contributed by atoms with Crippen molar-refractivity contribution in [2.24, 2.45) is 0 Å².